The first-order chi connectivity index (χ1) is 9.04. The smallest absolute Gasteiger partial charge is 0.375 e. The van der Waals surface area contributed by atoms with Crippen molar-refractivity contribution >= 4 is 17.5 Å². The van der Waals surface area contributed by atoms with Gasteiger partial charge in [0.1, 0.15) is 0 Å². The van der Waals surface area contributed by atoms with Crippen molar-refractivity contribution in [1.82, 2.24) is 0 Å². The lowest BCUT2D eigenvalue weighted by molar-refractivity contribution is -0.154. The number of carbonyl (C=O) groups excluding carboxylic acids is 3. The Hall–Kier alpha value is -1.45. The van der Waals surface area contributed by atoms with Gasteiger partial charge in [-0.25, -0.2) is 4.79 Å². The van der Waals surface area contributed by atoms with Gasteiger partial charge in [-0.05, 0) is 38.2 Å². The molecule has 0 aliphatic heterocycles. The van der Waals surface area contributed by atoms with Crippen LogP contribution in [0.5, 0.6) is 0 Å². The summed E-state index contributed by atoms with van der Waals surface area (Å²) in [7, 11) is 0. The van der Waals surface area contributed by atoms with Gasteiger partial charge in [-0.3, -0.25) is 9.59 Å². The molecule has 1 rings (SSSR count). The SMILES string of the molecule is CCOC(=O)C(=O)CC(=O)C(C)=CC1CCCCC1. The maximum atomic E-state index is 11.8. The van der Waals surface area contributed by atoms with Gasteiger partial charge in [-0.15, -0.1) is 0 Å². The number of Topliss-reactive ketones (excluding diaryl/α,β-unsaturated/α-hetero) is 2. The minimum atomic E-state index is -0.915. The third kappa shape index (κ3) is 5.37. The molecule has 0 saturated heterocycles. The highest BCUT2D eigenvalue weighted by Crippen LogP contribution is 2.25. The average molecular weight is 266 g/mol. The zero-order valence-corrected chi connectivity index (χ0v) is 11.7. The molecule has 1 aliphatic rings. The van der Waals surface area contributed by atoms with Gasteiger partial charge < -0.3 is 4.74 Å². The summed E-state index contributed by atoms with van der Waals surface area (Å²) in [5, 5.41) is 0. The van der Waals surface area contributed by atoms with Crippen LogP contribution in [-0.4, -0.2) is 24.1 Å². The molecule has 0 amide bonds. The minimum absolute atomic E-state index is 0.148. The van der Waals surface area contributed by atoms with Crippen LogP contribution in [0.25, 0.3) is 0 Å². The molecule has 0 aromatic heterocycles. The molecule has 1 aliphatic carbocycles. The number of esters is 1. The van der Waals surface area contributed by atoms with Crippen molar-refractivity contribution in [2.45, 2.75) is 52.4 Å². The van der Waals surface area contributed by atoms with E-state index < -0.39 is 11.8 Å². The fourth-order valence-electron chi connectivity index (χ4n) is 2.32. The van der Waals surface area contributed by atoms with Crippen molar-refractivity contribution in [3.05, 3.63) is 11.6 Å². The maximum Gasteiger partial charge on any atom is 0.375 e. The quantitative estimate of drug-likeness (QED) is 0.321. The highest BCUT2D eigenvalue weighted by Gasteiger charge is 2.20. The van der Waals surface area contributed by atoms with Crippen LogP contribution in [-0.2, 0) is 19.1 Å². The minimum Gasteiger partial charge on any atom is -0.460 e. The van der Waals surface area contributed by atoms with Crippen LogP contribution in [0.2, 0.25) is 0 Å². The van der Waals surface area contributed by atoms with Crippen LogP contribution in [0.4, 0.5) is 0 Å². The van der Waals surface area contributed by atoms with Crippen LogP contribution in [0.1, 0.15) is 52.4 Å². The second-order valence-corrected chi connectivity index (χ2v) is 4.99. The van der Waals surface area contributed by atoms with Crippen LogP contribution >= 0.6 is 0 Å². The van der Waals surface area contributed by atoms with E-state index in [9.17, 15) is 14.4 Å². The Bertz CT molecular complexity index is 376. The molecule has 1 fully saturated rings. The first kappa shape index (κ1) is 15.6. The molecule has 0 unspecified atom stereocenters. The van der Waals surface area contributed by atoms with Gasteiger partial charge in [0.25, 0.3) is 0 Å². The molecule has 0 aromatic carbocycles. The van der Waals surface area contributed by atoms with Gasteiger partial charge in [0.2, 0.25) is 5.78 Å². The average Bonchev–Trinajstić information content (AvgIpc) is 2.40. The number of carbonyl (C=O) groups is 3. The summed E-state index contributed by atoms with van der Waals surface area (Å²) < 4.78 is 4.57. The van der Waals surface area contributed by atoms with Crippen molar-refractivity contribution in [3.63, 3.8) is 0 Å². The number of hydrogen-bond donors (Lipinski definition) is 0. The van der Waals surface area contributed by atoms with Gasteiger partial charge >= 0.3 is 5.97 Å². The Morgan fingerprint density at radius 3 is 2.32 bits per heavy atom. The standard InChI is InChI=1S/C15H22O4/c1-3-19-15(18)14(17)10-13(16)11(2)9-12-7-5-4-6-8-12/h9,12H,3-8,10H2,1-2H3. The number of ether oxygens (including phenoxy) is 1. The Morgan fingerprint density at radius 2 is 1.74 bits per heavy atom. The largest absolute Gasteiger partial charge is 0.460 e. The summed E-state index contributed by atoms with van der Waals surface area (Å²) in [4.78, 5) is 34.4. The van der Waals surface area contributed by atoms with E-state index in [0.717, 1.165) is 12.8 Å². The van der Waals surface area contributed by atoms with Gasteiger partial charge in [0, 0.05) is 0 Å². The van der Waals surface area contributed by atoms with Crippen LogP contribution in [0.3, 0.4) is 0 Å². The lowest BCUT2D eigenvalue weighted by Crippen LogP contribution is -2.21. The van der Waals surface area contributed by atoms with Gasteiger partial charge in [-0.1, -0.05) is 25.3 Å². The number of hydrogen-bond acceptors (Lipinski definition) is 4. The third-order valence-electron chi connectivity index (χ3n) is 3.40. The topological polar surface area (TPSA) is 60.4 Å². The summed E-state index contributed by atoms with van der Waals surface area (Å²) in [6, 6.07) is 0. The summed E-state index contributed by atoms with van der Waals surface area (Å²) in [6.07, 6.45) is 7.45. The summed E-state index contributed by atoms with van der Waals surface area (Å²) in [6.45, 7) is 3.49. The predicted molar refractivity (Wildman–Crippen MR) is 71.6 cm³/mol. The lowest BCUT2D eigenvalue weighted by Gasteiger charge is -2.18. The van der Waals surface area contributed by atoms with Gasteiger partial charge in [0.05, 0.1) is 13.0 Å². The number of allylic oxidation sites excluding steroid dienone is 2. The van der Waals surface area contributed by atoms with Crippen molar-refractivity contribution in [2.24, 2.45) is 5.92 Å². The van der Waals surface area contributed by atoms with E-state index in [1.54, 1.807) is 13.8 Å². The molecule has 0 heterocycles. The number of ketones is 2. The molecule has 1 saturated carbocycles. The maximum absolute atomic E-state index is 11.8. The summed E-state index contributed by atoms with van der Waals surface area (Å²) >= 11 is 0. The Balaban J connectivity index is 2.49. The second-order valence-electron chi connectivity index (χ2n) is 4.99. The van der Waals surface area contributed by atoms with Crippen LogP contribution < -0.4 is 0 Å². The highest BCUT2D eigenvalue weighted by atomic mass is 16.5. The van der Waals surface area contributed by atoms with Crippen molar-refractivity contribution in [1.29, 1.82) is 0 Å². The van der Waals surface area contributed by atoms with Crippen molar-refractivity contribution < 1.29 is 19.1 Å². The Labute approximate surface area is 114 Å². The van der Waals surface area contributed by atoms with E-state index in [2.05, 4.69) is 4.74 Å². The fraction of sp³-hybridized carbons (Fsp3) is 0.667. The molecule has 4 heteroatoms. The van der Waals surface area contributed by atoms with E-state index in [-0.39, 0.29) is 18.8 Å². The van der Waals surface area contributed by atoms with Gasteiger partial charge in [-0.2, -0.15) is 0 Å². The van der Waals surface area contributed by atoms with E-state index in [1.165, 1.54) is 19.3 Å². The Morgan fingerprint density at radius 1 is 1.11 bits per heavy atom. The molecular weight excluding hydrogens is 244 g/mol. The van der Waals surface area contributed by atoms with E-state index in [1.807, 2.05) is 6.08 Å². The molecule has 0 aromatic rings. The zero-order chi connectivity index (χ0) is 14.3. The van der Waals surface area contributed by atoms with Crippen LogP contribution in [0.15, 0.2) is 11.6 Å². The summed E-state index contributed by atoms with van der Waals surface area (Å²) in [5.74, 6) is -1.51. The fourth-order valence-corrected chi connectivity index (χ4v) is 2.32. The second kappa shape index (κ2) is 7.87. The van der Waals surface area contributed by atoms with Gasteiger partial charge in [0.15, 0.2) is 5.78 Å². The highest BCUT2D eigenvalue weighted by molar-refractivity contribution is 6.38. The molecule has 4 nitrogen and oxygen atoms in total. The molecule has 0 bridgehead atoms. The normalized spacial score (nSPS) is 17.1. The van der Waals surface area contributed by atoms with Crippen LogP contribution in [0, 0.1) is 5.92 Å². The summed E-state index contributed by atoms with van der Waals surface area (Å²) in [5.41, 5.74) is 0.588. The lowest BCUT2D eigenvalue weighted by atomic mass is 9.87. The number of rotatable bonds is 6. The van der Waals surface area contributed by atoms with E-state index >= 15 is 0 Å². The predicted octanol–water partition coefficient (Wildman–Crippen LogP) is 2.60. The monoisotopic (exact) mass is 266 g/mol. The molecule has 106 valence electrons. The molecule has 0 atom stereocenters. The van der Waals surface area contributed by atoms with Crippen molar-refractivity contribution in [3.8, 4) is 0 Å². The molecular formula is C15H22O4. The first-order valence-corrected chi connectivity index (χ1v) is 6.96. The first-order valence-electron chi connectivity index (χ1n) is 6.96. The molecule has 0 radical (unpaired) electrons. The molecule has 0 spiro atoms. The third-order valence-corrected chi connectivity index (χ3v) is 3.40. The zero-order valence-electron chi connectivity index (χ0n) is 11.7. The Kier molecular flexibility index (Phi) is 6.46. The van der Waals surface area contributed by atoms with E-state index in [0.29, 0.717) is 11.5 Å². The molecule has 19 heavy (non-hydrogen) atoms. The molecule has 0 N–H and O–H groups in total. The van der Waals surface area contributed by atoms with Crippen molar-refractivity contribution in [2.75, 3.05) is 6.61 Å². The van der Waals surface area contributed by atoms with E-state index in [4.69, 9.17) is 0 Å².